The zero-order valence-corrected chi connectivity index (χ0v) is 16.2. The highest BCUT2D eigenvalue weighted by molar-refractivity contribution is 14.0. The first kappa shape index (κ1) is 18.5. The molecule has 0 aromatic heterocycles. The van der Waals surface area contributed by atoms with Gasteiger partial charge in [-0.1, -0.05) is 15.9 Å². The standard InChI is InChI=1S/C15H22BrN3O.HI/c1-2-17-15(19-11-12-3-4-12)18-9-10-20-14-7-5-13(16)6-8-14;/h5-8,12H,2-4,9-11H2,1H3,(H2,17,18,19);1H. The van der Waals surface area contributed by atoms with E-state index in [2.05, 4.69) is 38.5 Å². The number of rotatable bonds is 7. The summed E-state index contributed by atoms with van der Waals surface area (Å²) in [7, 11) is 0. The Bertz CT molecular complexity index is 435. The first-order chi connectivity index (χ1) is 9.78. The van der Waals surface area contributed by atoms with Crippen LogP contribution in [0.25, 0.3) is 0 Å². The van der Waals surface area contributed by atoms with Gasteiger partial charge in [0.05, 0.1) is 6.54 Å². The number of ether oxygens (including phenoxy) is 1. The number of nitrogens with zero attached hydrogens (tertiary/aromatic N) is 1. The fourth-order valence-corrected chi connectivity index (χ4v) is 2.00. The molecular weight excluding hydrogens is 445 g/mol. The summed E-state index contributed by atoms with van der Waals surface area (Å²) in [4.78, 5) is 4.56. The zero-order chi connectivity index (χ0) is 14.2. The van der Waals surface area contributed by atoms with Crippen LogP contribution in [0.2, 0.25) is 0 Å². The molecule has 1 aromatic rings. The Morgan fingerprint density at radius 1 is 1.29 bits per heavy atom. The van der Waals surface area contributed by atoms with Gasteiger partial charge in [0.15, 0.2) is 5.96 Å². The quantitative estimate of drug-likeness (QED) is 0.279. The Labute approximate surface area is 152 Å². The molecule has 1 saturated carbocycles. The molecule has 21 heavy (non-hydrogen) atoms. The number of nitrogens with one attached hydrogen (secondary N) is 2. The fourth-order valence-electron chi connectivity index (χ4n) is 1.73. The van der Waals surface area contributed by atoms with Crippen LogP contribution in [-0.4, -0.2) is 32.2 Å². The normalized spacial score (nSPS) is 14.3. The molecule has 0 atom stereocenters. The van der Waals surface area contributed by atoms with Gasteiger partial charge < -0.3 is 15.4 Å². The Hall–Kier alpha value is -0.500. The average Bonchev–Trinajstić information content (AvgIpc) is 3.27. The van der Waals surface area contributed by atoms with E-state index in [0.29, 0.717) is 6.61 Å². The second-order valence-corrected chi connectivity index (χ2v) is 5.81. The third kappa shape index (κ3) is 7.90. The van der Waals surface area contributed by atoms with Gasteiger partial charge in [-0.2, -0.15) is 0 Å². The lowest BCUT2D eigenvalue weighted by Crippen LogP contribution is -2.39. The highest BCUT2D eigenvalue weighted by Gasteiger charge is 2.20. The van der Waals surface area contributed by atoms with E-state index in [1.54, 1.807) is 0 Å². The Morgan fingerprint density at radius 3 is 2.62 bits per heavy atom. The molecule has 4 nitrogen and oxygen atoms in total. The third-order valence-electron chi connectivity index (χ3n) is 3.03. The van der Waals surface area contributed by atoms with Crippen molar-refractivity contribution in [1.82, 2.24) is 10.6 Å². The molecule has 2 rings (SSSR count). The maximum atomic E-state index is 5.66. The molecular formula is C15H23BrIN3O. The van der Waals surface area contributed by atoms with Crippen LogP contribution in [0.15, 0.2) is 33.7 Å². The van der Waals surface area contributed by atoms with Crippen LogP contribution in [0.1, 0.15) is 19.8 Å². The molecule has 118 valence electrons. The maximum Gasteiger partial charge on any atom is 0.191 e. The van der Waals surface area contributed by atoms with E-state index >= 15 is 0 Å². The maximum absolute atomic E-state index is 5.66. The van der Waals surface area contributed by atoms with Crippen molar-refractivity contribution in [2.75, 3.05) is 26.2 Å². The Balaban J connectivity index is 0.00000220. The first-order valence-corrected chi connectivity index (χ1v) is 7.97. The van der Waals surface area contributed by atoms with E-state index in [9.17, 15) is 0 Å². The van der Waals surface area contributed by atoms with Gasteiger partial charge in [-0.15, -0.1) is 24.0 Å². The van der Waals surface area contributed by atoms with Gasteiger partial charge in [0, 0.05) is 17.6 Å². The van der Waals surface area contributed by atoms with Gasteiger partial charge in [-0.25, -0.2) is 0 Å². The van der Waals surface area contributed by atoms with E-state index in [-0.39, 0.29) is 24.0 Å². The molecule has 1 aromatic carbocycles. The lowest BCUT2D eigenvalue weighted by atomic mass is 10.3. The van der Waals surface area contributed by atoms with Crippen molar-refractivity contribution >= 4 is 45.9 Å². The number of aliphatic imine (C=N–C) groups is 1. The molecule has 0 aliphatic heterocycles. The van der Waals surface area contributed by atoms with Gasteiger partial charge in [0.25, 0.3) is 0 Å². The molecule has 0 amide bonds. The summed E-state index contributed by atoms with van der Waals surface area (Å²) < 4.78 is 6.72. The summed E-state index contributed by atoms with van der Waals surface area (Å²) in [5.74, 6) is 2.58. The van der Waals surface area contributed by atoms with Crippen LogP contribution in [0.5, 0.6) is 5.75 Å². The van der Waals surface area contributed by atoms with E-state index < -0.39 is 0 Å². The molecule has 0 heterocycles. The highest BCUT2D eigenvalue weighted by atomic mass is 127. The van der Waals surface area contributed by atoms with Crippen LogP contribution >= 0.6 is 39.9 Å². The van der Waals surface area contributed by atoms with E-state index in [1.165, 1.54) is 12.8 Å². The third-order valence-corrected chi connectivity index (χ3v) is 3.55. The molecule has 1 aliphatic rings. The number of halogens is 2. The number of hydrogen-bond donors (Lipinski definition) is 2. The fraction of sp³-hybridized carbons (Fsp3) is 0.533. The van der Waals surface area contributed by atoms with Crippen LogP contribution in [0.3, 0.4) is 0 Å². The van der Waals surface area contributed by atoms with Crippen molar-refractivity contribution in [2.24, 2.45) is 10.9 Å². The summed E-state index contributed by atoms with van der Waals surface area (Å²) in [6, 6.07) is 7.86. The van der Waals surface area contributed by atoms with Crippen LogP contribution in [-0.2, 0) is 0 Å². The second-order valence-electron chi connectivity index (χ2n) is 4.89. The number of hydrogen-bond acceptors (Lipinski definition) is 2. The molecule has 0 radical (unpaired) electrons. The monoisotopic (exact) mass is 467 g/mol. The molecule has 0 bridgehead atoms. The van der Waals surface area contributed by atoms with E-state index in [4.69, 9.17) is 4.74 Å². The Morgan fingerprint density at radius 2 is 2.00 bits per heavy atom. The van der Waals surface area contributed by atoms with Gasteiger partial charge in [-0.3, -0.25) is 4.99 Å². The molecule has 0 spiro atoms. The largest absolute Gasteiger partial charge is 0.492 e. The number of guanidine groups is 1. The van der Waals surface area contributed by atoms with Gasteiger partial charge >= 0.3 is 0 Å². The molecule has 6 heteroatoms. The molecule has 1 fully saturated rings. The minimum atomic E-state index is 0. The predicted octanol–water partition coefficient (Wildman–Crippen LogP) is 3.41. The van der Waals surface area contributed by atoms with E-state index in [0.717, 1.165) is 41.7 Å². The molecule has 1 aliphatic carbocycles. The smallest absolute Gasteiger partial charge is 0.191 e. The van der Waals surface area contributed by atoms with Crippen molar-refractivity contribution < 1.29 is 4.74 Å². The molecule has 0 saturated heterocycles. The van der Waals surface area contributed by atoms with Crippen molar-refractivity contribution in [1.29, 1.82) is 0 Å². The minimum absolute atomic E-state index is 0. The van der Waals surface area contributed by atoms with Crippen molar-refractivity contribution in [3.63, 3.8) is 0 Å². The summed E-state index contributed by atoms with van der Waals surface area (Å²) >= 11 is 3.41. The zero-order valence-electron chi connectivity index (χ0n) is 12.3. The molecule has 2 N–H and O–H groups in total. The topological polar surface area (TPSA) is 45.7 Å². The van der Waals surface area contributed by atoms with Crippen LogP contribution in [0, 0.1) is 5.92 Å². The average molecular weight is 468 g/mol. The van der Waals surface area contributed by atoms with Crippen molar-refractivity contribution in [2.45, 2.75) is 19.8 Å². The van der Waals surface area contributed by atoms with Gasteiger partial charge in [0.1, 0.15) is 12.4 Å². The van der Waals surface area contributed by atoms with E-state index in [1.807, 2.05) is 24.3 Å². The predicted molar refractivity (Wildman–Crippen MR) is 102 cm³/mol. The second kappa shape index (κ2) is 10.3. The summed E-state index contributed by atoms with van der Waals surface area (Å²) in [6.45, 7) is 5.25. The SMILES string of the molecule is CCNC(=NCC1CC1)NCCOc1ccc(Br)cc1.I. The van der Waals surface area contributed by atoms with Crippen LogP contribution in [0.4, 0.5) is 0 Å². The van der Waals surface area contributed by atoms with Gasteiger partial charge in [0.2, 0.25) is 0 Å². The van der Waals surface area contributed by atoms with Crippen molar-refractivity contribution in [3.8, 4) is 5.75 Å². The highest BCUT2D eigenvalue weighted by Crippen LogP contribution is 2.28. The lowest BCUT2D eigenvalue weighted by molar-refractivity contribution is 0.322. The first-order valence-electron chi connectivity index (χ1n) is 7.18. The summed E-state index contributed by atoms with van der Waals surface area (Å²) in [5, 5.41) is 6.54. The number of benzene rings is 1. The summed E-state index contributed by atoms with van der Waals surface area (Å²) in [6.07, 6.45) is 2.66. The van der Waals surface area contributed by atoms with Gasteiger partial charge in [-0.05, 0) is 49.9 Å². The molecule has 0 unspecified atom stereocenters. The minimum Gasteiger partial charge on any atom is -0.492 e. The lowest BCUT2D eigenvalue weighted by Gasteiger charge is -2.12. The van der Waals surface area contributed by atoms with Crippen molar-refractivity contribution in [3.05, 3.63) is 28.7 Å². The van der Waals surface area contributed by atoms with Crippen LogP contribution < -0.4 is 15.4 Å². The Kier molecular flexibility index (Phi) is 9.07. The summed E-state index contributed by atoms with van der Waals surface area (Å²) in [5.41, 5.74) is 0.